The van der Waals surface area contributed by atoms with Crippen LogP contribution in [0.4, 0.5) is 0 Å². The van der Waals surface area contributed by atoms with Gasteiger partial charge in [-0.1, -0.05) is 36.9 Å². The number of hydrogen-bond donors (Lipinski definition) is 1. The fourth-order valence-electron chi connectivity index (χ4n) is 1.94. The molecule has 0 aliphatic carbocycles. The summed E-state index contributed by atoms with van der Waals surface area (Å²) in [7, 11) is 0. The zero-order valence-electron chi connectivity index (χ0n) is 8.89. The van der Waals surface area contributed by atoms with Crippen LogP contribution in [-0.4, -0.2) is 17.8 Å². The van der Waals surface area contributed by atoms with E-state index in [0.29, 0.717) is 6.61 Å². The SMILES string of the molecule is C=C1[C@H](C)OC[C@H]1[C@@H](O)c1ccccc1. The van der Waals surface area contributed by atoms with Crippen molar-refractivity contribution >= 4 is 0 Å². The topological polar surface area (TPSA) is 29.5 Å². The molecule has 1 aromatic rings. The van der Waals surface area contributed by atoms with E-state index in [1.165, 1.54) is 0 Å². The predicted molar refractivity (Wildman–Crippen MR) is 59.4 cm³/mol. The first kappa shape index (κ1) is 10.4. The third-order valence-electron chi connectivity index (χ3n) is 3.05. The highest BCUT2D eigenvalue weighted by Gasteiger charge is 2.32. The molecule has 0 unspecified atom stereocenters. The Morgan fingerprint density at radius 3 is 2.60 bits per heavy atom. The average molecular weight is 204 g/mol. The molecule has 1 aliphatic heterocycles. The summed E-state index contributed by atoms with van der Waals surface area (Å²) in [6.45, 7) is 6.52. The Kier molecular flexibility index (Phi) is 2.89. The Morgan fingerprint density at radius 1 is 1.40 bits per heavy atom. The molecule has 2 heteroatoms. The van der Waals surface area contributed by atoms with Crippen molar-refractivity contribution in [2.75, 3.05) is 6.61 Å². The van der Waals surface area contributed by atoms with Gasteiger partial charge in [-0.25, -0.2) is 0 Å². The molecule has 80 valence electrons. The van der Waals surface area contributed by atoms with Gasteiger partial charge in [0.1, 0.15) is 0 Å². The second kappa shape index (κ2) is 4.17. The van der Waals surface area contributed by atoms with E-state index in [-0.39, 0.29) is 12.0 Å². The molecular formula is C13H16O2. The summed E-state index contributed by atoms with van der Waals surface area (Å²) in [4.78, 5) is 0. The molecule has 0 saturated carbocycles. The maximum atomic E-state index is 10.2. The van der Waals surface area contributed by atoms with Crippen LogP contribution in [-0.2, 0) is 4.74 Å². The van der Waals surface area contributed by atoms with Gasteiger partial charge in [0, 0.05) is 5.92 Å². The number of aliphatic hydroxyl groups is 1. The minimum absolute atomic E-state index is 0.0300. The molecule has 1 heterocycles. The minimum Gasteiger partial charge on any atom is -0.388 e. The first-order valence-corrected chi connectivity index (χ1v) is 5.23. The quantitative estimate of drug-likeness (QED) is 0.749. The Hall–Kier alpha value is -1.12. The van der Waals surface area contributed by atoms with Crippen LogP contribution < -0.4 is 0 Å². The lowest BCUT2D eigenvalue weighted by Gasteiger charge is -2.18. The average Bonchev–Trinajstić information content (AvgIpc) is 2.60. The van der Waals surface area contributed by atoms with Crippen LogP contribution in [0.25, 0.3) is 0 Å². The second-order valence-electron chi connectivity index (χ2n) is 4.01. The standard InChI is InChI=1S/C13H16O2/c1-9-10(2)15-8-12(9)13(14)11-6-4-3-5-7-11/h3-7,10,12-14H,1,8H2,2H3/t10-,12+,13-/m0/s1. The van der Waals surface area contributed by atoms with Crippen LogP contribution in [0, 0.1) is 5.92 Å². The summed E-state index contributed by atoms with van der Waals surface area (Å²) in [5, 5.41) is 10.2. The first-order chi connectivity index (χ1) is 7.20. The Bertz CT molecular complexity index is 345. The lowest BCUT2D eigenvalue weighted by atomic mass is 9.90. The molecule has 2 rings (SSSR count). The van der Waals surface area contributed by atoms with E-state index in [9.17, 15) is 5.11 Å². The van der Waals surface area contributed by atoms with Gasteiger partial charge in [0.2, 0.25) is 0 Å². The number of aliphatic hydroxyl groups excluding tert-OH is 1. The van der Waals surface area contributed by atoms with Crippen molar-refractivity contribution < 1.29 is 9.84 Å². The first-order valence-electron chi connectivity index (χ1n) is 5.23. The molecule has 1 fully saturated rings. The summed E-state index contributed by atoms with van der Waals surface area (Å²) < 4.78 is 5.46. The largest absolute Gasteiger partial charge is 0.388 e. The van der Waals surface area contributed by atoms with Gasteiger partial charge in [-0.05, 0) is 18.1 Å². The number of ether oxygens (including phenoxy) is 1. The Morgan fingerprint density at radius 2 is 2.07 bits per heavy atom. The molecule has 0 bridgehead atoms. The van der Waals surface area contributed by atoms with E-state index < -0.39 is 6.10 Å². The van der Waals surface area contributed by atoms with E-state index in [4.69, 9.17) is 4.74 Å². The van der Waals surface area contributed by atoms with Crippen molar-refractivity contribution in [3.05, 3.63) is 48.0 Å². The molecular weight excluding hydrogens is 188 g/mol. The lowest BCUT2D eigenvalue weighted by molar-refractivity contribution is 0.0809. The van der Waals surface area contributed by atoms with Gasteiger partial charge in [-0.3, -0.25) is 0 Å². The van der Waals surface area contributed by atoms with Gasteiger partial charge >= 0.3 is 0 Å². The molecule has 0 radical (unpaired) electrons. The lowest BCUT2D eigenvalue weighted by Crippen LogP contribution is -2.14. The van der Waals surface area contributed by atoms with Crippen molar-refractivity contribution in [2.45, 2.75) is 19.1 Å². The summed E-state index contributed by atoms with van der Waals surface area (Å²) in [5.41, 5.74) is 1.92. The van der Waals surface area contributed by atoms with Gasteiger partial charge in [0.25, 0.3) is 0 Å². The molecule has 0 spiro atoms. The normalized spacial score (nSPS) is 28.0. The van der Waals surface area contributed by atoms with Gasteiger partial charge < -0.3 is 9.84 Å². The van der Waals surface area contributed by atoms with Crippen LogP contribution in [0.2, 0.25) is 0 Å². The van der Waals surface area contributed by atoms with Crippen LogP contribution in [0.5, 0.6) is 0 Å². The Labute approximate surface area is 90.2 Å². The van der Waals surface area contributed by atoms with Crippen molar-refractivity contribution in [3.63, 3.8) is 0 Å². The summed E-state index contributed by atoms with van der Waals surface area (Å²) in [6, 6.07) is 9.67. The van der Waals surface area contributed by atoms with Crippen molar-refractivity contribution in [1.29, 1.82) is 0 Å². The van der Waals surface area contributed by atoms with Crippen LogP contribution in [0.1, 0.15) is 18.6 Å². The number of hydrogen-bond acceptors (Lipinski definition) is 2. The predicted octanol–water partition coefficient (Wildman–Crippen LogP) is 2.31. The molecule has 2 nitrogen and oxygen atoms in total. The van der Waals surface area contributed by atoms with Crippen LogP contribution >= 0.6 is 0 Å². The highest BCUT2D eigenvalue weighted by molar-refractivity contribution is 5.23. The summed E-state index contributed by atoms with van der Waals surface area (Å²) >= 11 is 0. The van der Waals surface area contributed by atoms with Gasteiger partial charge in [-0.2, -0.15) is 0 Å². The Balaban J connectivity index is 2.16. The number of benzene rings is 1. The van der Waals surface area contributed by atoms with Crippen molar-refractivity contribution in [2.24, 2.45) is 5.92 Å². The smallest absolute Gasteiger partial charge is 0.0878 e. The molecule has 1 aliphatic rings. The third-order valence-corrected chi connectivity index (χ3v) is 3.05. The zero-order chi connectivity index (χ0) is 10.8. The minimum atomic E-state index is -0.497. The summed E-state index contributed by atoms with van der Waals surface area (Å²) in [5.74, 6) is 0.0300. The number of rotatable bonds is 2. The second-order valence-corrected chi connectivity index (χ2v) is 4.01. The fraction of sp³-hybridized carbons (Fsp3) is 0.385. The van der Waals surface area contributed by atoms with Crippen LogP contribution in [0.3, 0.4) is 0 Å². The molecule has 0 amide bonds. The van der Waals surface area contributed by atoms with E-state index in [2.05, 4.69) is 6.58 Å². The highest BCUT2D eigenvalue weighted by atomic mass is 16.5. The molecule has 1 N–H and O–H groups in total. The highest BCUT2D eigenvalue weighted by Crippen LogP contribution is 2.34. The van der Waals surface area contributed by atoms with Gasteiger partial charge in [-0.15, -0.1) is 0 Å². The van der Waals surface area contributed by atoms with E-state index in [1.54, 1.807) is 0 Å². The van der Waals surface area contributed by atoms with Crippen LogP contribution in [0.15, 0.2) is 42.5 Å². The molecule has 3 atom stereocenters. The summed E-state index contributed by atoms with van der Waals surface area (Å²) in [6.07, 6.45) is -0.433. The molecule has 1 aromatic carbocycles. The van der Waals surface area contributed by atoms with E-state index >= 15 is 0 Å². The maximum Gasteiger partial charge on any atom is 0.0878 e. The van der Waals surface area contributed by atoms with Gasteiger partial charge in [0.05, 0.1) is 18.8 Å². The third kappa shape index (κ3) is 1.96. The molecule has 1 saturated heterocycles. The maximum absolute atomic E-state index is 10.2. The molecule has 15 heavy (non-hydrogen) atoms. The molecule has 0 aromatic heterocycles. The van der Waals surface area contributed by atoms with Crippen molar-refractivity contribution in [1.82, 2.24) is 0 Å². The monoisotopic (exact) mass is 204 g/mol. The fourth-order valence-corrected chi connectivity index (χ4v) is 1.94. The van der Waals surface area contributed by atoms with E-state index in [0.717, 1.165) is 11.1 Å². The van der Waals surface area contributed by atoms with Crippen molar-refractivity contribution in [3.8, 4) is 0 Å². The van der Waals surface area contributed by atoms with E-state index in [1.807, 2.05) is 37.3 Å². The zero-order valence-corrected chi connectivity index (χ0v) is 8.89. The van der Waals surface area contributed by atoms with Gasteiger partial charge in [0.15, 0.2) is 0 Å².